The van der Waals surface area contributed by atoms with Crippen LogP contribution in [0.3, 0.4) is 0 Å². The Hall–Kier alpha value is -3.10. The third-order valence-electron chi connectivity index (χ3n) is 4.48. The van der Waals surface area contributed by atoms with Crippen molar-refractivity contribution in [3.05, 3.63) is 89.2 Å². The fourth-order valence-electron chi connectivity index (χ4n) is 2.82. The van der Waals surface area contributed by atoms with E-state index in [9.17, 15) is 17.6 Å². The summed E-state index contributed by atoms with van der Waals surface area (Å²) in [6.45, 7) is -0.331. The normalized spacial score (nSPS) is 11.1. The monoisotopic (exact) mass is 462 g/mol. The first-order valence-electron chi connectivity index (χ1n) is 9.24. The van der Waals surface area contributed by atoms with Crippen molar-refractivity contribution in [2.45, 2.75) is 11.4 Å². The highest BCUT2D eigenvalue weighted by molar-refractivity contribution is 7.92. The fourth-order valence-corrected chi connectivity index (χ4v) is 4.44. The number of hydrogen-bond donors (Lipinski definition) is 1. The van der Waals surface area contributed by atoms with Gasteiger partial charge in [-0.2, -0.15) is 0 Å². The molecule has 3 aromatic rings. The number of carbonyl (C=O) groups excluding carboxylic acids is 1. The molecule has 0 fully saturated rings. The number of nitrogens with one attached hydrogen (secondary N) is 1. The Bertz CT molecular complexity index is 1150. The summed E-state index contributed by atoms with van der Waals surface area (Å²) in [5.74, 6) is -0.556. The summed E-state index contributed by atoms with van der Waals surface area (Å²) in [7, 11) is -2.65. The lowest BCUT2D eigenvalue weighted by Gasteiger charge is -2.24. The minimum absolute atomic E-state index is 0.136. The van der Waals surface area contributed by atoms with Crippen molar-refractivity contribution in [3.63, 3.8) is 0 Å². The third kappa shape index (κ3) is 5.53. The van der Waals surface area contributed by atoms with Gasteiger partial charge in [0.1, 0.15) is 18.1 Å². The minimum atomic E-state index is -4.14. The molecule has 0 aliphatic carbocycles. The Balaban J connectivity index is 1.87. The lowest BCUT2D eigenvalue weighted by Crippen LogP contribution is -2.40. The predicted molar refractivity (Wildman–Crippen MR) is 117 cm³/mol. The van der Waals surface area contributed by atoms with Crippen LogP contribution >= 0.6 is 11.6 Å². The molecule has 0 bridgehead atoms. The van der Waals surface area contributed by atoms with Crippen molar-refractivity contribution in [2.24, 2.45) is 0 Å². The van der Waals surface area contributed by atoms with Gasteiger partial charge in [-0.25, -0.2) is 12.8 Å². The Labute approximate surface area is 185 Å². The number of ether oxygens (including phenoxy) is 1. The Morgan fingerprint density at radius 1 is 1.03 bits per heavy atom. The number of methoxy groups -OCH3 is 1. The summed E-state index contributed by atoms with van der Waals surface area (Å²) in [6, 6.07) is 17.7. The maximum absolute atomic E-state index is 13.3. The van der Waals surface area contributed by atoms with E-state index in [0.717, 1.165) is 28.6 Å². The van der Waals surface area contributed by atoms with Crippen LogP contribution in [0.4, 0.5) is 10.1 Å². The average Bonchev–Trinajstić information content (AvgIpc) is 2.77. The highest BCUT2D eigenvalue weighted by Gasteiger charge is 2.27. The molecule has 0 aromatic heterocycles. The lowest BCUT2D eigenvalue weighted by molar-refractivity contribution is -0.119. The summed E-state index contributed by atoms with van der Waals surface area (Å²) in [6.07, 6.45) is 0. The van der Waals surface area contributed by atoms with E-state index < -0.39 is 28.3 Å². The summed E-state index contributed by atoms with van der Waals surface area (Å²) in [5, 5.41) is 3.18. The SMILES string of the molecule is COc1ccc(N(CC(=O)NCc2ccccc2Cl)S(=O)(=O)c2ccc(F)cc2)cc1. The average molecular weight is 463 g/mol. The molecule has 1 amide bonds. The van der Waals surface area contributed by atoms with Crippen LogP contribution < -0.4 is 14.4 Å². The summed E-state index contributed by atoms with van der Waals surface area (Å²) in [5.41, 5.74) is 0.966. The maximum atomic E-state index is 13.3. The highest BCUT2D eigenvalue weighted by Crippen LogP contribution is 2.26. The zero-order chi connectivity index (χ0) is 22.4. The van der Waals surface area contributed by atoms with Crippen molar-refractivity contribution in [3.8, 4) is 5.75 Å². The van der Waals surface area contributed by atoms with Gasteiger partial charge in [0, 0.05) is 11.6 Å². The number of nitrogens with zero attached hydrogens (tertiary/aromatic N) is 1. The molecule has 3 aromatic carbocycles. The van der Waals surface area contributed by atoms with Gasteiger partial charge >= 0.3 is 0 Å². The smallest absolute Gasteiger partial charge is 0.264 e. The lowest BCUT2D eigenvalue weighted by atomic mass is 10.2. The molecule has 6 nitrogen and oxygen atoms in total. The minimum Gasteiger partial charge on any atom is -0.497 e. The number of halogens is 2. The molecule has 0 aliphatic heterocycles. The van der Waals surface area contributed by atoms with Crippen molar-refractivity contribution >= 4 is 33.2 Å². The molecule has 1 N–H and O–H groups in total. The summed E-state index contributed by atoms with van der Waals surface area (Å²) >= 11 is 6.10. The quantitative estimate of drug-likeness (QED) is 0.549. The second kappa shape index (κ2) is 9.80. The molecule has 0 saturated carbocycles. The number of hydrogen-bond acceptors (Lipinski definition) is 4. The number of anilines is 1. The zero-order valence-corrected chi connectivity index (χ0v) is 18.2. The summed E-state index contributed by atoms with van der Waals surface area (Å²) in [4.78, 5) is 12.5. The second-order valence-electron chi connectivity index (χ2n) is 6.53. The molecule has 0 spiro atoms. The Morgan fingerprint density at radius 3 is 2.29 bits per heavy atom. The molecule has 0 atom stereocenters. The molecule has 31 heavy (non-hydrogen) atoms. The van der Waals surface area contributed by atoms with E-state index in [1.54, 1.807) is 36.4 Å². The Kier molecular flexibility index (Phi) is 7.14. The molecule has 9 heteroatoms. The van der Waals surface area contributed by atoms with Gasteiger partial charge in [-0.05, 0) is 60.2 Å². The van der Waals surface area contributed by atoms with Crippen molar-refractivity contribution in [2.75, 3.05) is 18.0 Å². The van der Waals surface area contributed by atoms with Gasteiger partial charge in [0.25, 0.3) is 10.0 Å². The van der Waals surface area contributed by atoms with Gasteiger partial charge in [-0.1, -0.05) is 29.8 Å². The highest BCUT2D eigenvalue weighted by atomic mass is 35.5. The fraction of sp³-hybridized carbons (Fsp3) is 0.136. The van der Waals surface area contributed by atoms with Gasteiger partial charge in [-0.3, -0.25) is 9.10 Å². The number of amides is 1. The molecule has 0 aliphatic rings. The number of benzene rings is 3. The first-order chi connectivity index (χ1) is 14.8. The van der Waals surface area contributed by atoms with Gasteiger partial charge in [0.05, 0.1) is 17.7 Å². The van der Waals surface area contributed by atoms with E-state index in [1.165, 1.54) is 19.2 Å². The number of rotatable bonds is 8. The van der Waals surface area contributed by atoms with Crippen LogP contribution in [-0.2, 0) is 21.4 Å². The summed E-state index contributed by atoms with van der Waals surface area (Å²) < 4.78 is 45.8. The van der Waals surface area contributed by atoms with E-state index in [2.05, 4.69) is 5.32 Å². The molecule has 0 radical (unpaired) electrons. The first-order valence-corrected chi connectivity index (χ1v) is 11.1. The first kappa shape index (κ1) is 22.6. The Morgan fingerprint density at radius 2 is 1.68 bits per heavy atom. The van der Waals surface area contributed by atoms with Crippen LogP contribution in [-0.4, -0.2) is 28.0 Å². The number of sulfonamides is 1. The van der Waals surface area contributed by atoms with Crippen LogP contribution in [0.25, 0.3) is 0 Å². The zero-order valence-electron chi connectivity index (χ0n) is 16.6. The second-order valence-corrected chi connectivity index (χ2v) is 8.80. The van der Waals surface area contributed by atoms with E-state index in [4.69, 9.17) is 16.3 Å². The van der Waals surface area contributed by atoms with Crippen molar-refractivity contribution < 1.29 is 22.3 Å². The van der Waals surface area contributed by atoms with Gasteiger partial charge < -0.3 is 10.1 Å². The molecule has 0 saturated heterocycles. The predicted octanol–water partition coefficient (Wildman–Crippen LogP) is 4.00. The molecule has 162 valence electrons. The van der Waals surface area contributed by atoms with E-state index in [1.807, 2.05) is 0 Å². The molecule has 3 rings (SSSR count). The van der Waals surface area contributed by atoms with Crippen LogP contribution in [0.5, 0.6) is 5.75 Å². The van der Waals surface area contributed by atoms with Crippen LogP contribution in [0.15, 0.2) is 77.7 Å². The largest absolute Gasteiger partial charge is 0.497 e. The van der Waals surface area contributed by atoms with Gasteiger partial charge in [0.15, 0.2) is 0 Å². The van der Waals surface area contributed by atoms with Crippen molar-refractivity contribution in [1.82, 2.24) is 5.32 Å². The van der Waals surface area contributed by atoms with E-state index in [0.29, 0.717) is 16.3 Å². The third-order valence-corrected chi connectivity index (χ3v) is 6.64. The standard InChI is InChI=1S/C22H20ClFN2O4S/c1-30-19-10-8-18(9-11-19)26(31(28,29)20-12-6-17(24)7-13-20)15-22(27)25-14-16-4-2-3-5-21(16)23/h2-13H,14-15H2,1H3,(H,25,27). The van der Waals surface area contributed by atoms with Crippen LogP contribution in [0.1, 0.15) is 5.56 Å². The van der Waals surface area contributed by atoms with Crippen LogP contribution in [0, 0.1) is 5.82 Å². The van der Waals surface area contributed by atoms with Gasteiger partial charge in [0.2, 0.25) is 5.91 Å². The topological polar surface area (TPSA) is 75.7 Å². The van der Waals surface area contributed by atoms with Crippen molar-refractivity contribution in [1.29, 1.82) is 0 Å². The van der Waals surface area contributed by atoms with E-state index in [-0.39, 0.29) is 17.1 Å². The molecular weight excluding hydrogens is 443 g/mol. The van der Waals surface area contributed by atoms with E-state index >= 15 is 0 Å². The van der Waals surface area contributed by atoms with Crippen LogP contribution in [0.2, 0.25) is 5.02 Å². The van der Waals surface area contributed by atoms with Gasteiger partial charge in [-0.15, -0.1) is 0 Å². The molecule has 0 heterocycles. The maximum Gasteiger partial charge on any atom is 0.264 e. The molecular formula is C22H20ClFN2O4S. The number of carbonyl (C=O) groups is 1. The molecule has 0 unspecified atom stereocenters.